The van der Waals surface area contributed by atoms with Crippen LogP contribution in [0, 0.1) is 6.92 Å². The highest BCUT2D eigenvalue weighted by Crippen LogP contribution is 2.37. The first kappa shape index (κ1) is 12.6. The maximum absolute atomic E-state index is 6.15. The molecule has 0 radical (unpaired) electrons. The van der Waals surface area contributed by atoms with Crippen LogP contribution in [0.2, 0.25) is 5.02 Å². The smallest absolute Gasteiger partial charge is 0.163 e. The normalized spacial score (nSPS) is 14.0. The molecule has 2 aromatic heterocycles. The Balaban J connectivity index is 1.95. The van der Waals surface area contributed by atoms with Crippen LogP contribution in [0.4, 0.5) is 11.5 Å². The zero-order valence-electron chi connectivity index (χ0n) is 11.8. The van der Waals surface area contributed by atoms with Crippen molar-refractivity contribution in [2.45, 2.75) is 13.3 Å². The maximum atomic E-state index is 6.15. The Morgan fingerprint density at radius 2 is 2.10 bits per heavy atom. The second-order valence-corrected chi connectivity index (χ2v) is 5.71. The van der Waals surface area contributed by atoms with Crippen LogP contribution in [0.25, 0.3) is 11.0 Å². The van der Waals surface area contributed by atoms with Crippen LogP contribution >= 0.6 is 11.6 Å². The lowest BCUT2D eigenvalue weighted by Crippen LogP contribution is -2.16. The summed E-state index contributed by atoms with van der Waals surface area (Å²) in [4.78, 5) is 11.3. The van der Waals surface area contributed by atoms with Crippen LogP contribution in [-0.2, 0) is 13.5 Å². The number of aromatic nitrogens is 4. The second-order valence-electron chi connectivity index (χ2n) is 5.27. The fourth-order valence-corrected chi connectivity index (χ4v) is 3.06. The largest absolute Gasteiger partial charge is 0.325 e. The summed E-state index contributed by atoms with van der Waals surface area (Å²) in [7, 11) is 1.90. The molecule has 106 valence electrons. The molecule has 0 aliphatic carbocycles. The summed E-state index contributed by atoms with van der Waals surface area (Å²) in [5.74, 6) is 1.66. The summed E-state index contributed by atoms with van der Waals surface area (Å²) < 4.78 is 1.78. The summed E-state index contributed by atoms with van der Waals surface area (Å²) in [6.07, 6.45) is 2.82. The van der Waals surface area contributed by atoms with Gasteiger partial charge in [-0.1, -0.05) is 17.7 Å². The number of anilines is 2. The van der Waals surface area contributed by atoms with Crippen molar-refractivity contribution in [2.24, 2.45) is 7.05 Å². The monoisotopic (exact) mass is 299 g/mol. The van der Waals surface area contributed by atoms with Crippen molar-refractivity contribution in [3.05, 3.63) is 40.8 Å². The van der Waals surface area contributed by atoms with Crippen molar-refractivity contribution < 1.29 is 0 Å². The average Bonchev–Trinajstić information content (AvgIpc) is 3.02. The molecule has 0 unspecified atom stereocenters. The highest BCUT2D eigenvalue weighted by atomic mass is 35.5. The number of aryl methyl sites for hydroxylation is 2. The Morgan fingerprint density at radius 3 is 2.95 bits per heavy atom. The van der Waals surface area contributed by atoms with Gasteiger partial charge in [0.1, 0.15) is 11.6 Å². The van der Waals surface area contributed by atoms with Gasteiger partial charge >= 0.3 is 0 Å². The van der Waals surface area contributed by atoms with Crippen LogP contribution in [0.3, 0.4) is 0 Å². The van der Waals surface area contributed by atoms with E-state index in [-0.39, 0.29) is 0 Å². The van der Waals surface area contributed by atoms with E-state index in [1.165, 1.54) is 5.56 Å². The fourth-order valence-electron chi connectivity index (χ4n) is 2.89. The van der Waals surface area contributed by atoms with Gasteiger partial charge < -0.3 is 4.90 Å². The quantitative estimate of drug-likeness (QED) is 0.693. The Kier molecular flexibility index (Phi) is 2.65. The number of halogens is 1. The molecule has 1 aromatic carbocycles. The summed E-state index contributed by atoms with van der Waals surface area (Å²) >= 11 is 6.15. The predicted octanol–water partition coefficient (Wildman–Crippen LogP) is 3.02. The summed E-state index contributed by atoms with van der Waals surface area (Å²) in [5.41, 5.74) is 3.28. The molecule has 0 spiro atoms. The van der Waals surface area contributed by atoms with Gasteiger partial charge in [0, 0.05) is 24.3 Å². The SMILES string of the molecule is Cc1nc(N2CCc3ccc(Cl)cc32)c2cnn(C)c2n1. The molecule has 3 aromatic rings. The fraction of sp³-hybridized carbons (Fsp3) is 0.267. The van der Waals surface area contributed by atoms with Crippen molar-refractivity contribution in [1.29, 1.82) is 0 Å². The van der Waals surface area contributed by atoms with Crippen molar-refractivity contribution in [3.63, 3.8) is 0 Å². The van der Waals surface area contributed by atoms with Gasteiger partial charge in [-0.25, -0.2) is 9.97 Å². The molecule has 0 fully saturated rings. The highest BCUT2D eigenvalue weighted by Gasteiger charge is 2.24. The predicted molar refractivity (Wildman–Crippen MR) is 83.2 cm³/mol. The van der Waals surface area contributed by atoms with Crippen molar-refractivity contribution in [2.75, 3.05) is 11.4 Å². The average molecular weight is 300 g/mol. The topological polar surface area (TPSA) is 46.8 Å². The van der Waals surface area contributed by atoms with Crippen LogP contribution in [0.15, 0.2) is 24.4 Å². The number of hydrogen-bond acceptors (Lipinski definition) is 4. The van der Waals surface area contributed by atoms with E-state index in [0.717, 1.165) is 46.4 Å². The molecule has 0 amide bonds. The summed E-state index contributed by atoms with van der Waals surface area (Å²) in [5, 5.41) is 6.02. The molecule has 1 aliphatic heterocycles. The zero-order valence-corrected chi connectivity index (χ0v) is 12.6. The number of fused-ring (bicyclic) bond motifs is 2. The molecular formula is C15H14ClN5. The van der Waals surface area contributed by atoms with Gasteiger partial charge in [0.05, 0.1) is 11.6 Å². The minimum atomic E-state index is 0.744. The van der Waals surface area contributed by atoms with Gasteiger partial charge in [0.25, 0.3) is 0 Å². The Hall–Kier alpha value is -2.14. The van der Waals surface area contributed by atoms with Gasteiger partial charge in [-0.3, -0.25) is 4.68 Å². The lowest BCUT2D eigenvalue weighted by Gasteiger charge is -2.19. The number of hydrogen-bond donors (Lipinski definition) is 0. The van der Waals surface area contributed by atoms with Crippen LogP contribution < -0.4 is 4.90 Å². The van der Waals surface area contributed by atoms with Crippen LogP contribution in [-0.4, -0.2) is 26.3 Å². The summed E-state index contributed by atoms with van der Waals surface area (Å²) in [6, 6.07) is 6.03. The highest BCUT2D eigenvalue weighted by molar-refractivity contribution is 6.31. The first-order chi connectivity index (χ1) is 10.1. The Morgan fingerprint density at radius 1 is 1.24 bits per heavy atom. The third-order valence-corrected chi connectivity index (χ3v) is 4.12. The molecule has 0 saturated carbocycles. The van der Waals surface area contributed by atoms with Crippen molar-refractivity contribution in [3.8, 4) is 0 Å². The van der Waals surface area contributed by atoms with Gasteiger partial charge in [-0.2, -0.15) is 5.10 Å². The third kappa shape index (κ3) is 1.88. The van der Waals surface area contributed by atoms with E-state index < -0.39 is 0 Å². The van der Waals surface area contributed by atoms with Crippen molar-refractivity contribution >= 4 is 34.1 Å². The van der Waals surface area contributed by atoms with E-state index >= 15 is 0 Å². The van der Waals surface area contributed by atoms with Crippen LogP contribution in [0.1, 0.15) is 11.4 Å². The minimum Gasteiger partial charge on any atom is -0.325 e. The van der Waals surface area contributed by atoms with E-state index in [1.807, 2.05) is 32.3 Å². The molecule has 6 heteroatoms. The standard InChI is InChI=1S/C15H14ClN5/c1-9-18-14-12(8-17-20(14)2)15(19-9)21-6-5-10-3-4-11(16)7-13(10)21/h3-4,7-8H,5-6H2,1-2H3. The Bertz CT molecular complexity index is 855. The van der Waals surface area contributed by atoms with E-state index in [1.54, 1.807) is 4.68 Å². The molecular weight excluding hydrogens is 286 g/mol. The molecule has 5 nitrogen and oxygen atoms in total. The zero-order chi connectivity index (χ0) is 14.6. The minimum absolute atomic E-state index is 0.744. The van der Waals surface area contributed by atoms with E-state index in [4.69, 9.17) is 11.6 Å². The van der Waals surface area contributed by atoms with Crippen molar-refractivity contribution in [1.82, 2.24) is 19.7 Å². The molecule has 3 heterocycles. The van der Waals surface area contributed by atoms with Gasteiger partial charge in [0.15, 0.2) is 5.65 Å². The van der Waals surface area contributed by atoms with E-state index in [9.17, 15) is 0 Å². The first-order valence-electron chi connectivity index (χ1n) is 6.86. The third-order valence-electron chi connectivity index (χ3n) is 3.88. The summed E-state index contributed by atoms with van der Waals surface area (Å²) in [6.45, 7) is 2.81. The lowest BCUT2D eigenvalue weighted by atomic mass is 10.2. The van der Waals surface area contributed by atoms with Gasteiger partial charge in [-0.15, -0.1) is 0 Å². The molecule has 0 bridgehead atoms. The maximum Gasteiger partial charge on any atom is 0.163 e. The van der Waals surface area contributed by atoms with E-state index in [0.29, 0.717) is 0 Å². The number of rotatable bonds is 1. The molecule has 0 saturated heterocycles. The van der Waals surface area contributed by atoms with Gasteiger partial charge in [-0.05, 0) is 31.0 Å². The lowest BCUT2D eigenvalue weighted by molar-refractivity contribution is 0.782. The number of nitrogens with zero attached hydrogens (tertiary/aromatic N) is 5. The molecule has 21 heavy (non-hydrogen) atoms. The molecule has 1 aliphatic rings. The molecule has 4 rings (SSSR count). The second kappa shape index (κ2) is 4.43. The number of benzene rings is 1. The van der Waals surface area contributed by atoms with Crippen LogP contribution in [0.5, 0.6) is 0 Å². The molecule has 0 N–H and O–H groups in total. The Labute approximate surface area is 127 Å². The first-order valence-corrected chi connectivity index (χ1v) is 7.23. The van der Waals surface area contributed by atoms with Gasteiger partial charge in [0.2, 0.25) is 0 Å². The van der Waals surface area contributed by atoms with E-state index in [2.05, 4.69) is 26.0 Å². The molecule has 0 atom stereocenters.